The van der Waals surface area contributed by atoms with E-state index < -0.39 is 0 Å². The van der Waals surface area contributed by atoms with Crippen LogP contribution < -0.4 is 0 Å². The first kappa shape index (κ1) is 14.5. The number of nitrogens with zero attached hydrogens (tertiary/aromatic N) is 1. The molecule has 0 radical (unpaired) electrons. The van der Waals surface area contributed by atoms with Crippen LogP contribution in [0.4, 0.5) is 0 Å². The molecular weight excluding hydrogens is 266 g/mol. The summed E-state index contributed by atoms with van der Waals surface area (Å²) in [6.07, 6.45) is 4.40. The van der Waals surface area contributed by atoms with Crippen LogP contribution in [0.25, 0.3) is 0 Å². The average molecular weight is 289 g/mol. The molecule has 0 aromatic heterocycles. The van der Waals surface area contributed by atoms with Crippen LogP contribution in [0.1, 0.15) is 34.3 Å². The van der Waals surface area contributed by atoms with E-state index in [1.54, 1.807) is 7.11 Å². The second-order valence-corrected chi connectivity index (χ2v) is 5.86. The third kappa shape index (κ3) is 3.27. The molecule has 1 aliphatic carbocycles. The van der Waals surface area contributed by atoms with Gasteiger partial charge in [0.15, 0.2) is 0 Å². The van der Waals surface area contributed by atoms with Crippen molar-refractivity contribution >= 4 is 5.91 Å². The van der Waals surface area contributed by atoms with Crippen molar-refractivity contribution in [1.29, 1.82) is 0 Å². The maximum atomic E-state index is 12.7. The van der Waals surface area contributed by atoms with E-state index in [2.05, 4.69) is 12.1 Å². The number of hydrogen-bond donors (Lipinski definition) is 0. The molecule has 4 nitrogen and oxygen atoms in total. The number of hydrogen-bond acceptors (Lipinski definition) is 3. The number of fused-ring (bicyclic) bond motifs is 1. The van der Waals surface area contributed by atoms with Crippen LogP contribution in [0.15, 0.2) is 18.2 Å². The zero-order chi connectivity index (χ0) is 14.7. The zero-order valence-electron chi connectivity index (χ0n) is 12.6. The Morgan fingerprint density at radius 1 is 1.38 bits per heavy atom. The second kappa shape index (κ2) is 6.58. The molecule has 1 saturated heterocycles. The van der Waals surface area contributed by atoms with Gasteiger partial charge >= 0.3 is 0 Å². The van der Waals surface area contributed by atoms with E-state index in [0.717, 1.165) is 24.8 Å². The van der Waals surface area contributed by atoms with Crippen LogP contribution in [0.2, 0.25) is 0 Å². The monoisotopic (exact) mass is 289 g/mol. The predicted molar refractivity (Wildman–Crippen MR) is 80.6 cm³/mol. The lowest BCUT2D eigenvalue weighted by atomic mass is 10.0. The van der Waals surface area contributed by atoms with Gasteiger partial charge in [-0.15, -0.1) is 0 Å². The van der Waals surface area contributed by atoms with E-state index in [0.29, 0.717) is 26.3 Å². The Hall–Kier alpha value is -1.39. The minimum atomic E-state index is 0.0945. The van der Waals surface area contributed by atoms with Crippen LogP contribution in [0.5, 0.6) is 0 Å². The van der Waals surface area contributed by atoms with Gasteiger partial charge in [0.1, 0.15) is 0 Å². The molecule has 1 heterocycles. The molecule has 3 rings (SSSR count). The van der Waals surface area contributed by atoms with Crippen molar-refractivity contribution < 1.29 is 14.3 Å². The third-order valence-electron chi connectivity index (χ3n) is 4.42. The molecule has 0 saturated carbocycles. The van der Waals surface area contributed by atoms with Gasteiger partial charge in [0.05, 0.1) is 12.7 Å². The van der Waals surface area contributed by atoms with Gasteiger partial charge < -0.3 is 14.4 Å². The SMILES string of the molecule is COCC[C@@H]1CN(C(=O)c2ccc3c(c2)CCC3)CCO1. The van der Waals surface area contributed by atoms with E-state index in [-0.39, 0.29) is 12.0 Å². The minimum absolute atomic E-state index is 0.0945. The van der Waals surface area contributed by atoms with Gasteiger partial charge in [-0.05, 0) is 48.9 Å². The first-order chi connectivity index (χ1) is 10.3. The van der Waals surface area contributed by atoms with Crippen molar-refractivity contribution in [2.24, 2.45) is 0 Å². The second-order valence-electron chi connectivity index (χ2n) is 5.86. The summed E-state index contributed by atoms with van der Waals surface area (Å²) >= 11 is 0. The Balaban J connectivity index is 1.67. The van der Waals surface area contributed by atoms with Crippen LogP contribution in [-0.4, -0.2) is 50.3 Å². The molecule has 2 aliphatic rings. The number of aryl methyl sites for hydroxylation is 2. The summed E-state index contributed by atoms with van der Waals surface area (Å²) < 4.78 is 10.8. The minimum Gasteiger partial charge on any atom is -0.385 e. The molecule has 21 heavy (non-hydrogen) atoms. The fraction of sp³-hybridized carbons (Fsp3) is 0.588. The summed E-state index contributed by atoms with van der Waals surface area (Å²) in [6.45, 7) is 2.63. The molecule has 0 bridgehead atoms. The van der Waals surface area contributed by atoms with Gasteiger partial charge in [-0.25, -0.2) is 0 Å². The van der Waals surface area contributed by atoms with Crippen molar-refractivity contribution in [2.75, 3.05) is 33.4 Å². The number of methoxy groups -OCH3 is 1. The fourth-order valence-corrected chi connectivity index (χ4v) is 3.22. The number of ether oxygens (including phenoxy) is 2. The van der Waals surface area contributed by atoms with Crippen LogP contribution in [0.3, 0.4) is 0 Å². The van der Waals surface area contributed by atoms with E-state index in [9.17, 15) is 4.79 Å². The Morgan fingerprint density at radius 2 is 2.24 bits per heavy atom. The Kier molecular flexibility index (Phi) is 4.56. The quantitative estimate of drug-likeness (QED) is 0.851. The number of carbonyl (C=O) groups is 1. The van der Waals surface area contributed by atoms with Gasteiger partial charge in [0, 0.05) is 32.4 Å². The predicted octanol–water partition coefficient (Wildman–Crippen LogP) is 2.05. The Labute approximate surface area is 126 Å². The van der Waals surface area contributed by atoms with Gasteiger partial charge in [-0.1, -0.05) is 6.07 Å². The summed E-state index contributed by atoms with van der Waals surface area (Å²) in [7, 11) is 1.69. The summed E-state index contributed by atoms with van der Waals surface area (Å²) in [5.74, 6) is 0.135. The van der Waals surface area contributed by atoms with Crippen LogP contribution in [0, 0.1) is 0 Å². The largest absolute Gasteiger partial charge is 0.385 e. The maximum absolute atomic E-state index is 12.7. The first-order valence-electron chi connectivity index (χ1n) is 7.79. The molecule has 1 aromatic rings. The number of morpholine rings is 1. The molecule has 0 unspecified atom stereocenters. The van der Waals surface area contributed by atoms with E-state index in [4.69, 9.17) is 9.47 Å². The molecule has 1 fully saturated rings. The number of benzene rings is 1. The lowest BCUT2D eigenvalue weighted by Gasteiger charge is -2.33. The van der Waals surface area contributed by atoms with E-state index >= 15 is 0 Å². The molecule has 1 aliphatic heterocycles. The standard InChI is InChI=1S/C17H23NO3/c1-20-9-7-16-12-18(8-10-21-16)17(19)15-6-5-13-3-2-4-14(13)11-15/h5-6,11,16H,2-4,7-10,12H2,1H3/t16-/m1/s1. The van der Waals surface area contributed by atoms with Gasteiger partial charge in [-0.2, -0.15) is 0 Å². The summed E-state index contributed by atoms with van der Waals surface area (Å²) in [5, 5.41) is 0. The summed E-state index contributed by atoms with van der Waals surface area (Å²) in [6, 6.07) is 6.19. The molecule has 0 N–H and O–H groups in total. The topological polar surface area (TPSA) is 38.8 Å². The maximum Gasteiger partial charge on any atom is 0.254 e. The van der Waals surface area contributed by atoms with Crippen LogP contribution >= 0.6 is 0 Å². The number of amides is 1. The molecule has 1 atom stereocenters. The molecule has 1 aromatic carbocycles. The fourth-order valence-electron chi connectivity index (χ4n) is 3.22. The number of rotatable bonds is 4. The van der Waals surface area contributed by atoms with E-state index in [1.165, 1.54) is 17.5 Å². The average Bonchev–Trinajstić information content (AvgIpc) is 3.00. The highest BCUT2D eigenvalue weighted by Crippen LogP contribution is 2.24. The normalized spacial score (nSPS) is 21.4. The zero-order valence-corrected chi connectivity index (χ0v) is 12.6. The lowest BCUT2D eigenvalue weighted by Crippen LogP contribution is -2.46. The lowest BCUT2D eigenvalue weighted by molar-refractivity contribution is -0.0332. The third-order valence-corrected chi connectivity index (χ3v) is 4.42. The highest BCUT2D eigenvalue weighted by atomic mass is 16.5. The van der Waals surface area contributed by atoms with Gasteiger partial charge in [0.25, 0.3) is 5.91 Å². The molecule has 4 heteroatoms. The van der Waals surface area contributed by atoms with Gasteiger partial charge in [-0.3, -0.25) is 4.79 Å². The van der Waals surface area contributed by atoms with Crippen molar-refractivity contribution in [2.45, 2.75) is 31.8 Å². The van der Waals surface area contributed by atoms with Gasteiger partial charge in [0.2, 0.25) is 0 Å². The van der Waals surface area contributed by atoms with E-state index in [1.807, 2.05) is 11.0 Å². The van der Waals surface area contributed by atoms with Crippen LogP contribution in [-0.2, 0) is 22.3 Å². The molecular formula is C17H23NO3. The highest BCUT2D eigenvalue weighted by Gasteiger charge is 2.25. The highest BCUT2D eigenvalue weighted by molar-refractivity contribution is 5.94. The Morgan fingerprint density at radius 3 is 3.10 bits per heavy atom. The van der Waals surface area contributed by atoms with Crippen molar-refractivity contribution in [3.05, 3.63) is 34.9 Å². The van der Waals surface area contributed by atoms with Crippen molar-refractivity contribution in [1.82, 2.24) is 4.90 Å². The smallest absolute Gasteiger partial charge is 0.254 e. The first-order valence-corrected chi connectivity index (χ1v) is 7.79. The summed E-state index contributed by atoms with van der Waals surface area (Å²) in [5.41, 5.74) is 3.58. The number of carbonyl (C=O) groups excluding carboxylic acids is 1. The Bertz CT molecular complexity index is 515. The molecule has 0 spiro atoms. The van der Waals surface area contributed by atoms with Crippen molar-refractivity contribution in [3.63, 3.8) is 0 Å². The summed E-state index contributed by atoms with van der Waals surface area (Å²) in [4.78, 5) is 14.6. The van der Waals surface area contributed by atoms with Crippen molar-refractivity contribution in [3.8, 4) is 0 Å². The molecule has 114 valence electrons. The molecule has 1 amide bonds.